The number of hydrogen-bond acceptors (Lipinski definition) is 6. The molecule has 8 nitrogen and oxygen atoms in total. The predicted octanol–water partition coefficient (Wildman–Crippen LogP) is 2.51. The number of thiophene rings is 1. The summed E-state index contributed by atoms with van der Waals surface area (Å²) >= 11 is 1.82. The number of benzene rings is 1. The monoisotopic (exact) mass is 447 g/mol. The number of hydrogen-bond donors (Lipinski definition) is 1. The predicted molar refractivity (Wildman–Crippen MR) is 126 cm³/mol. The molecule has 0 saturated carbocycles. The van der Waals surface area contributed by atoms with Crippen molar-refractivity contribution in [3.8, 4) is 0 Å². The molecule has 0 aliphatic carbocycles. The normalized spacial score (nSPS) is 13.2. The van der Waals surface area contributed by atoms with Gasteiger partial charge in [0.2, 0.25) is 0 Å². The Morgan fingerprint density at radius 3 is 2.59 bits per heavy atom. The van der Waals surface area contributed by atoms with Gasteiger partial charge in [0.25, 0.3) is 11.5 Å². The number of anilines is 2. The molecule has 1 aliphatic rings. The molecule has 32 heavy (non-hydrogen) atoms. The van der Waals surface area contributed by atoms with Gasteiger partial charge in [0.15, 0.2) is 0 Å². The molecule has 0 unspecified atom stereocenters. The Hall–Kier alpha value is -3.72. The van der Waals surface area contributed by atoms with E-state index in [2.05, 4.69) is 26.6 Å². The average molecular weight is 448 g/mol. The maximum absolute atomic E-state index is 12.7. The Morgan fingerprint density at radius 2 is 1.81 bits per heavy atom. The van der Waals surface area contributed by atoms with E-state index in [1.807, 2.05) is 35.6 Å². The first kappa shape index (κ1) is 20.2. The van der Waals surface area contributed by atoms with Gasteiger partial charge >= 0.3 is 5.69 Å². The molecule has 4 heterocycles. The van der Waals surface area contributed by atoms with Crippen molar-refractivity contribution in [3.63, 3.8) is 0 Å². The van der Waals surface area contributed by atoms with Crippen LogP contribution in [-0.4, -0.2) is 26.6 Å². The third kappa shape index (κ3) is 3.40. The second kappa shape index (κ2) is 7.76. The largest absolute Gasteiger partial charge is 0.367 e. The molecule has 1 amide bonds. The second-order valence-corrected chi connectivity index (χ2v) is 8.82. The van der Waals surface area contributed by atoms with Crippen LogP contribution in [-0.2, 0) is 27.1 Å². The number of aryl methyl sites for hydroxylation is 1. The van der Waals surface area contributed by atoms with Gasteiger partial charge in [0, 0.05) is 43.4 Å². The highest BCUT2D eigenvalue weighted by atomic mass is 32.1. The van der Waals surface area contributed by atoms with Crippen molar-refractivity contribution in [1.82, 2.24) is 14.1 Å². The fourth-order valence-corrected chi connectivity index (χ4v) is 4.89. The summed E-state index contributed by atoms with van der Waals surface area (Å²) in [4.78, 5) is 45.3. The van der Waals surface area contributed by atoms with Crippen LogP contribution < -0.4 is 21.5 Å². The summed E-state index contributed by atoms with van der Waals surface area (Å²) in [5.74, 6) is -0.409. The van der Waals surface area contributed by atoms with Crippen LogP contribution in [0.5, 0.6) is 0 Å². The fraction of sp³-hybridized carbons (Fsp3) is 0.217. The van der Waals surface area contributed by atoms with Crippen LogP contribution in [0.3, 0.4) is 0 Å². The van der Waals surface area contributed by atoms with E-state index in [4.69, 9.17) is 0 Å². The number of amides is 1. The zero-order valence-electron chi connectivity index (χ0n) is 17.7. The molecule has 0 bridgehead atoms. The van der Waals surface area contributed by atoms with Crippen molar-refractivity contribution >= 4 is 39.7 Å². The number of fused-ring (bicyclic) bond motifs is 2. The third-order valence-electron chi connectivity index (χ3n) is 5.83. The minimum Gasteiger partial charge on any atom is -0.367 e. The van der Waals surface area contributed by atoms with Crippen molar-refractivity contribution in [1.29, 1.82) is 0 Å². The highest BCUT2D eigenvalue weighted by molar-refractivity contribution is 7.10. The van der Waals surface area contributed by atoms with Gasteiger partial charge in [-0.05, 0) is 59.8 Å². The average Bonchev–Trinajstić information content (AvgIpc) is 3.29. The maximum atomic E-state index is 12.7. The van der Waals surface area contributed by atoms with Crippen LogP contribution in [0.25, 0.3) is 11.0 Å². The van der Waals surface area contributed by atoms with E-state index in [9.17, 15) is 14.4 Å². The number of nitrogens with zero attached hydrogens (tertiary/aromatic N) is 4. The van der Waals surface area contributed by atoms with E-state index in [0.717, 1.165) is 29.8 Å². The van der Waals surface area contributed by atoms with Crippen molar-refractivity contribution in [2.75, 3.05) is 16.8 Å². The van der Waals surface area contributed by atoms with Crippen molar-refractivity contribution in [2.45, 2.75) is 13.0 Å². The summed E-state index contributed by atoms with van der Waals surface area (Å²) in [5, 5.41) is 5.26. The molecule has 0 radical (unpaired) electrons. The molecule has 1 aliphatic heterocycles. The molecule has 1 N–H and O–H groups in total. The van der Waals surface area contributed by atoms with Crippen LogP contribution in [0.1, 0.15) is 20.9 Å². The smallest absolute Gasteiger partial charge is 0.332 e. The number of rotatable bonds is 3. The van der Waals surface area contributed by atoms with Gasteiger partial charge in [-0.3, -0.25) is 18.7 Å². The van der Waals surface area contributed by atoms with E-state index >= 15 is 0 Å². The van der Waals surface area contributed by atoms with E-state index < -0.39 is 17.2 Å². The number of aromatic nitrogens is 3. The van der Waals surface area contributed by atoms with Gasteiger partial charge in [-0.1, -0.05) is 0 Å². The summed E-state index contributed by atoms with van der Waals surface area (Å²) in [6.45, 7) is 1.86. The highest BCUT2D eigenvalue weighted by Gasteiger charge is 2.18. The lowest BCUT2D eigenvalue weighted by atomic mass is 10.1. The SMILES string of the molecule is Cn1c(=O)c2ccc(C(=O)Nc3ccc(N4CCc5sccc5C4)cc3)nc2n(C)c1=O. The Labute approximate surface area is 187 Å². The topological polar surface area (TPSA) is 89.2 Å². The summed E-state index contributed by atoms with van der Waals surface area (Å²) in [6, 6.07) is 12.9. The van der Waals surface area contributed by atoms with Crippen LogP contribution in [0, 0.1) is 0 Å². The summed E-state index contributed by atoms with van der Waals surface area (Å²) in [7, 11) is 2.94. The lowest BCUT2D eigenvalue weighted by Crippen LogP contribution is -2.37. The molecule has 5 rings (SSSR count). The van der Waals surface area contributed by atoms with E-state index in [1.165, 1.54) is 41.2 Å². The highest BCUT2D eigenvalue weighted by Crippen LogP contribution is 2.28. The molecule has 0 fully saturated rings. The lowest BCUT2D eigenvalue weighted by Gasteiger charge is -2.29. The summed E-state index contributed by atoms with van der Waals surface area (Å²) < 4.78 is 2.28. The Balaban J connectivity index is 1.36. The van der Waals surface area contributed by atoms with Gasteiger partial charge in [0.05, 0.1) is 5.39 Å². The zero-order valence-corrected chi connectivity index (χ0v) is 18.5. The lowest BCUT2D eigenvalue weighted by molar-refractivity contribution is 0.102. The number of nitrogens with one attached hydrogen (secondary N) is 1. The van der Waals surface area contributed by atoms with Crippen molar-refractivity contribution in [2.24, 2.45) is 14.1 Å². The fourth-order valence-electron chi connectivity index (χ4n) is 4.00. The van der Waals surface area contributed by atoms with Gasteiger partial charge in [-0.15, -0.1) is 11.3 Å². The number of carbonyl (C=O) groups is 1. The van der Waals surface area contributed by atoms with Gasteiger partial charge < -0.3 is 10.2 Å². The van der Waals surface area contributed by atoms with Crippen LogP contribution in [0.4, 0.5) is 11.4 Å². The first-order valence-corrected chi connectivity index (χ1v) is 11.1. The molecule has 3 aromatic heterocycles. The molecular weight excluding hydrogens is 426 g/mol. The first-order valence-electron chi connectivity index (χ1n) is 10.2. The first-order chi connectivity index (χ1) is 15.4. The van der Waals surface area contributed by atoms with E-state index in [1.54, 1.807) is 0 Å². The van der Waals surface area contributed by atoms with Crippen LogP contribution in [0.15, 0.2) is 57.4 Å². The minimum absolute atomic E-state index is 0.130. The van der Waals surface area contributed by atoms with Crippen LogP contribution >= 0.6 is 11.3 Å². The minimum atomic E-state index is -0.490. The number of carbonyl (C=O) groups excluding carboxylic acids is 1. The van der Waals surface area contributed by atoms with Gasteiger partial charge in [-0.25, -0.2) is 9.78 Å². The molecule has 0 spiro atoms. The molecule has 1 aromatic carbocycles. The Kier molecular flexibility index (Phi) is 4.90. The van der Waals surface area contributed by atoms with E-state index in [-0.39, 0.29) is 16.7 Å². The molecule has 4 aromatic rings. The molecular formula is C23H21N5O3S. The zero-order chi connectivity index (χ0) is 22.4. The summed E-state index contributed by atoms with van der Waals surface area (Å²) in [6.07, 6.45) is 1.05. The van der Waals surface area contributed by atoms with Crippen molar-refractivity contribution < 1.29 is 4.79 Å². The molecule has 0 atom stereocenters. The third-order valence-corrected chi connectivity index (χ3v) is 6.86. The van der Waals surface area contributed by atoms with E-state index in [0.29, 0.717) is 5.69 Å². The van der Waals surface area contributed by atoms with Gasteiger partial charge in [0.1, 0.15) is 11.3 Å². The Bertz CT molecular complexity index is 1470. The maximum Gasteiger partial charge on any atom is 0.332 e. The van der Waals surface area contributed by atoms with Crippen molar-refractivity contribution in [3.05, 3.63) is 84.8 Å². The standard InChI is InChI=1S/C23H21N5O3S/c1-26-20-17(22(30)27(2)23(26)31)7-8-18(25-20)21(29)24-15-3-5-16(6-4-15)28-11-9-19-14(13-28)10-12-32-19/h3-8,10,12H,9,11,13H2,1-2H3,(H,24,29). The molecule has 9 heteroatoms. The molecule has 162 valence electrons. The van der Waals surface area contributed by atoms with Gasteiger partial charge in [-0.2, -0.15) is 0 Å². The Morgan fingerprint density at radius 1 is 1.03 bits per heavy atom. The molecule has 0 saturated heterocycles. The second-order valence-electron chi connectivity index (χ2n) is 7.81. The number of pyridine rings is 1. The quantitative estimate of drug-likeness (QED) is 0.521. The summed E-state index contributed by atoms with van der Waals surface area (Å²) in [5.41, 5.74) is 2.51. The van der Waals surface area contributed by atoms with Crippen LogP contribution in [0.2, 0.25) is 0 Å².